The summed E-state index contributed by atoms with van der Waals surface area (Å²) in [4.78, 5) is 14.6. The standard InChI is InChI=1S/C17H27F3N4O/c1-11-6-12(2)8-24(7-11)16(3,4)10-21-15(25)13-9-23(5)22-14(13)17(18,19)20/h9,11-12H,6-8,10H2,1-5H3,(H,21,25). The van der Waals surface area contributed by atoms with E-state index in [1.165, 1.54) is 13.5 Å². The number of alkyl halides is 3. The molecule has 0 radical (unpaired) electrons. The number of hydrogen-bond acceptors (Lipinski definition) is 3. The summed E-state index contributed by atoms with van der Waals surface area (Å²) in [5.74, 6) is 0.384. The molecular weight excluding hydrogens is 333 g/mol. The Labute approximate surface area is 146 Å². The van der Waals surface area contributed by atoms with Crippen LogP contribution in [0.15, 0.2) is 6.20 Å². The van der Waals surface area contributed by atoms with Gasteiger partial charge in [-0.1, -0.05) is 13.8 Å². The van der Waals surface area contributed by atoms with Crippen molar-refractivity contribution in [1.29, 1.82) is 0 Å². The highest BCUT2D eigenvalue weighted by molar-refractivity contribution is 5.95. The minimum absolute atomic E-state index is 0.275. The number of aryl methyl sites for hydroxylation is 1. The van der Waals surface area contributed by atoms with Crippen LogP contribution >= 0.6 is 0 Å². The van der Waals surface area contributed by atoms with Gasteiger partial charge in [0.1, 0.15) is 0 Å². The number of hydrogen-bond donors (Lipinski definition) is 1. The Morgan fingerprint density at radius 1 is 1.28 bits per heavy atom. The van der Waals surface area contributed by atoms with Gasteiger partial charge in [0.2, 0.25) is 0 Å². The van der Waals surface area contributed by atoms with Crippen molar-refractivity contribution >= 4 is 5.91 Å². The van der Waals surface area contributed by atoms with Crippen LogP contribution in [0, 0.1) is 11.8 Å². The van der Waals surface area contributed by atoms with Gasteiger partial charge in [-0.15, -0.1) is 0 Å². The molecule has 2 atom stereocenters. The molecule has 0 saturated carbocycles. The molecule has 1 fully saturated rings. The van der Waals surface area contributed by atoms with E-state index in [2.05, 4.69) is 29.2 Å². The largest absolute Gasteiger partial charge is 0.435 e. The van der Waals surface area contributed by atoms with E-state index < -0.39 is 23.3 Å². The van der Waals surface area contributed by atoms with Crippen LogP contribution in [-0.2, 0) is 13.2 Å². The van der Waals surface area contributed by atoms with Gasteiger partial charge in [-0.25, -0.2) is 0 Å². The lowest BCUT2D eigenvalue weighted by atomic mass is 9.88. The SMILES string of the molecule is CC1CC(C)CN(C(C)(C)CNC(=O)c2cn(C)nc2C(F)(F)F)C1. The first-order chi connectivity index (χ1) is 11.4. The average Bonchev–Trinajstić information content (AvgIpc) is 2.86. The summed E-state index contributed by atoms with van der Waals surface area (Å²) >= 11 is 0. The fourth-order valence-electron chi connectivity index (χ4n) is 3.52. The molecule has 0 bridgehead atoms. The maximum atomic E-state index is 13.0. The van der Waals surface area contributed by atoms with E-state index >= 15 is 0 Å². The second kappa shape index (κ2) is 6.97. The third-order valence-electron chi connectivity index (χ3n) is 4.75. The molecular formula is C17H27F3N4O. The smallest absolute Gasteiger partial charge is 0.350 e. The van der Waals surface area contributed by atoms with Crippen molar-refractivity contribution in [1.82, 2.24) is 20.0 Å². The van der Waals surface area contributed by atoms with Gasteiger partial charge in [-0.2, -0.15) is 18.3 Å². The normalized spacial score (nSPS) is 22.9. The molecule has 1 amide bonds. The number of nitrogens with zero attached hydrogens (tertiary/aromatic N) is 3. The number of rotatable bonds is 4. The van der Waals surface area contributed by atoms with Gasteiger partial charge in [0.05, 0.1) is 5.56 Å². The van der Waals surface area contributed by atoms with Gasteiger partial charge >= 0.3 is 6.18 Å². The van der Waals surface area contributed by atoms with Crippen molar-refractivity contribution in [3.8, 4) is 0 Å². The molecule has 1 N–H and O–H groups in total. The molecule has 0 aromatic carbocycles. The van der Waals surface area contributed by atoms with Crippen LogP contribution in [0.5, 0.6) is 0 Å². The Balaban J connectivity index is 2.06. The predicted octanol–water partition coefficient (Wildman–Crippen LogP) is 2.93. The van der Waals surface area contributed by atoms with Crippen LogP contribution in [0.1, 0.15) is 50.2 Å². The number of piperidine rings is 1. The Kier molecular flexibility index (Phi) is 5.51. The summed E-state index contributed by atoms with van der Waals surface area (Å²) in [5, 5.41) is 6.04. The average molecular weight is 360 g/mol. The number of likely N-dealkylation sites (tertiary alicyclic amines) is 1. The number of amides is 1. The summed E-state index contributed by atoms with van der Waals surface area (Å²) in [6.07, 6.45) is -2.37. The molecule has 8 heteroatoms. The summed E-state index contributed by atoms with van der Waals surface area (Å²) in [7, 11) is 1.37. The first-order valence-corrected chi connectivity index (χ1v) is 8.54. The van der Waals surface area contributed by atoms with E-state index in [9.17, 15) is 18.0 Å². The Hall–Kier alpha value is -1.57. The minimum Gasteiger partial charge on any atom is -0.350 e. The fraction of sp³-hybridized carbons (Fsp3) is 0.765. The zero-order chi connectivity index (χ0) is 19.0. The molecule has 25 heavy (non-hydrogen) atoms. The summed E-state index contributed by atoms with van der Waals surface area (Å²) in [6, 6.07) is 0. The van der Waals surface area contributed by atoms with Crippen molar-refractivity contribution in [3.05, 3.63) is 17.5 Å². The van der Waals surface area contributed by atoms with Gasteiger partial charge in [-0.3, -0.25) is 14.4 Å². The van der Waals surface area contributed by atoms with Crippen LogP contribution in [-0.4, -0.2) is 45.8 Å². The van der Waals surface area contributed by atoms with Crippen LogP contribution < -0.4 is 5.32 Å². The molecule has 1 aliphatic rings. The molecule has 1 aliphatic heterocycles. The topological polar surface area (TPSA) is 50.2 Å². The van der Waals surface area contributed by atoms with E-state index in [0.717, 1.165) is 24.0 Å². The Bertz CT molecular complexity index is 614. The number of halogens is 3. The summed E-state index contributed by atoms with van der Waals surface area (Å²) < 4.78 is 40.0. The Morgan fingerprint density at radius 2 is 1.84 bits per heavy atom. The molecule has 1 aromatic rings. The van der Waals surface area contributed by atoms with Crippen molar-refractivity contribution in [3.63, 3.8) is 0 Å². The quantitative estimate of drug-likeness (QED) is 0.898. The minimum atomic E-state index is -4.65. The van der Waals surface area contributed by atoms with Gasteiger partial charge in [0.15, 0.2) is 5.69 Å². The van der Waals surface area contributed by atoms with E-state index in [0.29, 0.717) is 11.8 Å². The number of aromatic nitrogens is 2. The molecule has 2 rings (SSSR count). The zero-order valence-electron chi connectivity index (χ0n) is 15.4. The second-order valence-corrected chi connectivity index (χ2v) is 7.91. The van der Waals surface area contributed by atoms with Gasteiger partial charge in [0.25, 0.3) is 5.91 Å². The summed E-state index contributed by atoms with van der Waals surface area (Å²) in [5.41, 5.74) is -1.92. The molecule has 1 aromatic heterocycles. The van der Waals surface area contributed by atoms with Crippen molar-refractivity contribution in [2.45, 2.75) is 45.8 Å². The third-order valence-corrected chi connectivity index (χ3v) is 4.75. The lowest BCUT2D eigenvalue weighted by molar-refractivity contribution is -0.141. The molecule has 2 unspecified atom stereocenters. The molecule has 2 heterocycles. The van der Waals surface area contributed by atoms with Crippen molar-refractivity contribution in [2.75, 3.05) is 19.6 Å². The van der Waals surface area contributed by atoms with Crippen molar-refractivity contribution < 1.29 is 18.0 Å². The number of carbonyl (C=O) groups is 1. The van der Waals surface area contributed by atoms with Crippen molar-refractivity contribution in [2.24, 2.45) is 18.9 Å². The molecule has 0 aliphatic carbocycles. The van der Waals surface area contributed by atoms with Crippen LogP contribution in [0.25, 0.3) is 0 Å². The maximum absolute atomic E-state index is 13.0. The van der Waals surface area contributed by atoms with Gasteiger partial charge in [0, 0.05) is 38.4 Å². The van der Waals surface area contributed by atoms with Gasteiger partial charge in [-0.05, 0) is 32.1 Å². The molecule has 5 nitrogen and oxygen atoms in total. The monoisotopic (exact) mass is 360 g/mol. The van der Waals surface area contributed by atoms with Gasteiger partial charge < -0.3 is 5.32 Å². The maximum Gasteiger partial charge on any atom is 0.435 e. The van der Waals surface area contributed by atoms with Crippen LogP contribution in [0.2, 0.25) is 0 Å². The lowest BCUT2D eigenvalue weighted by Crippen LogP contribution is -2.56. The highest BCUT2D eigenvalue weighted by Gasteiger charge is 2.39. The fourth-order valence-corrected chi connectivity index (χ4v) is 3.52. The first kappa shape index (κ1) is 19.8. The van der Waals surface area contributed by atoms with Crippen LogP contribution in [0.4, 0.5) is 13.2 Å². The molecule has 1 saturated heterocycles. The highest BCUT2D eigenvalue weighted by atomic mass is 19.4. The van der Waals surface area contributed by atoms with E-state index in [1.54, 1.807) is 0 Å². The van der Waals surface area contributed by atoms with Crippen LogP contribution in [0.3, 0.4) is 0 Å². The van der Waals surface area contributed by atoms with E-state index in [-0.39, 0.29) is 12.1 Å². The highest BCUT2D eigenvalue weighted by Crippen LogP contribution is 2.31. The Morgan fingerprint density at radius 3 is 2.36 bits per heavy atom. The van der Waals surface area contributed by atoms with E-state index in [1.807, 2.05) is 13.8 Å². The van der Waals surface area contributed by atoms with E-state index in [4.69, 9.17) is 0 Å². The third kappa shape index (κ3) is 4.74. The first-order valence-electron chi connectivity index (χ1n) is 8.54. The molecule has 0 spiro atoms. The number of carbonyl (C=O) groups excluding carboxylic acids is 1. The zero-order valence-corrected chi connectivity index (χ0v) is 15.4. The summed E-state index contributed by atoms with van der Waals surface area (Å²) in [6.45, 7) is 10.5. The lowest BCUT2D eigenvalue weighted by Gasteiger charge is -2.45. The molecule has 142 valence electrons. The predicted molar refractivity (Wildman–Crippen MR) is 89.1 cm³/mol. The number of nitrogens with one attached hydrogen (secondary N) is 1. The second-order valence-electron chi connectivity index (χ2n) is 7.91.